The molecule has 60 valence electrons. The van der Waals surface area contributed by atoms with Crippen molar-refractivity contribution >= 4 is 6.21 Å². The highest BCUT2D eigenvalue weighted by atomic mass is 16.3. The number of hydrogen-bond donors (Lipinski definition) is 0. The molecule has 0 unspecified atom stereocenters. The van der Waals surface area contributed by atoms with Crippen molar-refractivity contribution < 1.29 is 4.42 Å². The van der Waals surface area contributed by atoms with Crippen molar-refractivity contribution in [1.29, 1.82) is 0 Å². The van der Waals surface area contributed by atoms with Gasteiger partial charge in [0.1, 0.15) is 24.6 Å². The third-order valence-corrected chi connectivity index (χ3v) is 1.17. The van der Waals surface area contributed by atoms with Crippen LogP contribution in [0.3, 0.4) is 0 Å². The van der Waals surface area contributed by atoms with Gasteiger partial charge >= 0.3 is 0 Å². The van der Waals surface area contributed by atoms with E-state index in [2.05, 4.69) is 20.2 Å². The summed E-state index contributed by atoms with van der Waals surface area (Å²) in [6.07, 6.45) is 7.23. The van der Waals surface area contributed by atoms with Gasteiger partial charge in [0.15, 0.2) is 6.39 Å². The van der Waals surface area contributed by atoms with Gasteiger partial charge in [-0.1, -0.05) is 0 Å². The number of rotatable bonds is 2. The highest BCUT2D eigenvalue weighted by molar-refractivity contribution is 5.75. The molecule has 0 aliphatic heterocycles. The summed E-state index contributed by atoms with van der Waals surface area (Å²) in [6, 6.07) is 0. The normalized spacial score (nSPS) is 11.0. The van der Waals surface area contributed by atoms with Crippen LogP contribution in [0.25, 0.3) is 0 Å². The van der Waals surface area contributed by atoms with E-state index in [1.807, 2.05) is 0 Å². The average molecular weight is 163 g/mol. The van der Waals surface area contributed by atoms with E-state index in [4.69, 9.17) is 4.42 Å². The van der Waals surface area contributed by atoms with Gasteiger partial charge in [-0.15, -0.1) is 9.89 Å². The molecular formula is C6H5N5O. The lowest BCUT2D eigenvalue weighted by Gasteiger charge is -1.84. The molecule has 0 atom stereocenters. The molecule has 6 nitrogen and oxygen atoms in total. The Bertz CT molecular complexity index is 313. The van der Waals surface area contributed by atoms with Crippen molar-refractivity contribution in [3.8, 4) is 0 Å². The Morgan fingerprint density at radius 1 is 1.58 bits per heavy atom. The molecule has 2 aromatic rings. The summed E-state index contributed by atoms with van der Waals surface area (Å²) < 4.78 is 4.74. The lowest BCUT2D eigenvalue weighted by atomic mass is 10.5. The van der Waals surface area contributed by atoms with E-state index >= 15 is 0 Å². The van der Waals surface area contributed by atoms with Gasteiger partial charge < -0.3 is 4.42 Å². The average Bonchev–Trinajstić information content (AvgIpc) is 2.74. The van der Waals surface area contributed by atoms with Crippen molar-refractivity contribution in [2.75, 3.05) is 0 Å². The summed E-state index contributed by atoms with van der Waals surface area (Å²) in [7, 11) is 0. The van der Waals surface area contributed by atoms with Crippen molar-refractivity contribution in [2.45, 2.75) is 0 Å². The van der Waals surface area contributed by atoms with Crippen LogP contribution in [0.2, 0.25) is 0 Å². The van der Waals surface area contributed by atoms with Gasteiger partial charge in [-0.25, -0.2) is 9.97 Å². The van der Waals surface area contributed by atoms with E-state index in [0.29, 0.717) is 5.69 Å². The largest absolute Gasteiger partial charge is 0.451 e. The first kappa shape index (κ1) is 6.71. The van der Waals surface area contributed by atoms with E-state index < -0.39 is 0 Å². The van der Waals surface area contributed by atoms with E-state index in [1.54, 1.807) is 0 Å². The lowest BCUT2D eigenvalue weighted by Crippen LogP contribution is -1.90. The molecule has 2 rings (SSSR count). The zero-order valence-electron chi connectivity index (χ0n) is 6.03. The molecule has 0 radical (unpaired) electrons. The van der Waals surface area contributed by atoms with Crippen LogP contribution < -0.4 is 0 Å². The molecule has 0 spiro atoms. The first-order valence-corrected chi connectivity index (χ1v) is 3.22. The first-order chi connectivity index (χ1) is 5.95. The van der Waals surface area contributed by atoms with Crippen LogP contribution in [-0.4, -0.2) is 26.1 Å². The van der Waals surface area contributed by atoms with Crippen LogP contribution in [0.1, 0.15) is 5.69 Å². The number of aromatic nitrogens is 4. The number of hydrogen-bond acceptors (Lipinski definition) is 5. The molecule has 2 aromatic heterocycles. The predicted octanol–water partition coefficient (Wildman–Crippen LogP) is 0.148. The van der Waals surface area contributed by atoms with Gasteiger partial charge in [0.05, 0.1) is 6.21 Å². The fourth-order valence-electron chi connectivity index (χ4n) is 0.666. The van der Waals surface area contributed by atoms with E-state index in [1.165, 1.54) is 36.3 Å². The Kier molecular flexibility index (Phi) is 1.65. The maximum Gasteiger partial charge on any atom is 0.181 e. The molecule has 0 fully saturated rings. The quantitative estimate of drug-likeness (QED) is 0.591. The van der Waals surface area contributed by atoms with Crippen molar-refractivity contribution in [3.63, 3.8) is 0 Å². The van der Waals surface area contributed by atoms with Gasteiger partial charge in [0.25, 0.3) is 0 Å². The minimum Gasteiger partial charge on any atom is -0.451 e. The molecular weight excluding hydrogens is 158 g/mol. The van der Waals surface area contributed by atoms with E-state index in [0.717, 1.165) is 0 Å². The first-order valence-electron chi connectivity index (χ1n) is 3.22. The molecule has 2 heterocycles. The SMILES string of the molecule is C(=N\n1cncn1)/c1cocn1. The Morgan fingerprint density at radius 3 is 3.25 bits per heavy atom. The highest BCUT2D eigenvalue weighted by Crippen LogP contribution is 1.89. The minimum absolute atomic E-state index is 0.644. The maximum atomic E-state index is 4.74. The number of oxazole rings is 1. The van der Waals surface area contributed by atoms with Crippen molar-refractivity contribution in [1.82, 2.24) is 19.9 Å². The minimum atomic E-state index is 0.644. The smallest absolute Gasteiger partial charge is 0.181 e. The molecule has 0 saturated carbocycles. The molecule has 0 aromatic carbocycles. The van der Waals surface area contributed by atoms with Crippen LogP contribution in [0.5, 0.6) is 0 Å². The molecule has 0 N–H and O–H groups in total. The van der Waals surface area contributed by atoms with Gasteiger partial charge in [-0.3, -0.25) is 0 Å². The summed E-state index contributed by atoms with van der Waals surface area (Å²) in [5.74, 6) is 0. The molecule has 0 saturated heterocycles. The van der Waals surface area contributed by atoms with Gasteiger partial charge in [-0.05, 0) is 0 Å². The second kappa shape index (κ2) is 2.95. The van der Waals surface area contributed by atoms with Crippen LogP contribution in [-0.2, 0) is 0 Å². The maximum absolute atomic E-state index is 4.74. The van der Waals surface area contributed by atoms with Crippen LogP contribution in [0.4, 0.5) is 0 Å². The monoisotopic (exact) mass is 163 g/mol. The second-order valence-electron chi connectivity index (χ2n) is 1.97. The molecule has 6 heteroatoms. The Morgan fingerprint density at radius 2 is 2.58 bits per heavy atom. The molecule has 12 heavy (non-hydrogen) atoms. The molecule has 0 aliphatic rings. The van der Waals surface area contributed by atoms with Crippen LogP contribution in [0.15, 0.2) is 34.8 Å². The Balaban J connectivity index is 2.14. The lowest BCUT2D eigenvalue weighted by molar-refractivity contribution is 0.557. The topological polar surface area (TPSA) is 69.1 Å². The third kappa shape index (κ3) is 1.36. The summed E-state index contributed by atoms with van der Waals surface area (Å²) in [6.45, 7) is 0. The highest BCUT2D eigenvalue weighted by Gasteiger charge is 1.89. The van der Waals surface area contributed by atoms with Gasteiger partial charge in [0.2, 0.25) is 0 Å². The third-order valence-electron chi connectivity index (χ3n) is 1.17. The second-order valence-corrected chi connectivity index (χ2v) is 1.97. The Labute approximate surface area is 67.6 Å². The van der Waals surface area contributed by atoms with Crippen molar-refractivity contribution in [2.24, 2.45) is 5.10 Å². The molecule has 0 amide bonds. The van der Waals surface area contributed by atoms with Gasteiger partial charge in [-0.2, -0.15) is 5.10 Å². The van der Waals surface area contributed by atoms with Crippen LogP contribution >= 0.6 is 0 Å². The number of nitrogens with zero attached hydrogens (tertiary/aromatic N) is 5. The summed E-state index contributed by atoms with van der Waals surface area (Å²) >= 11 is 0. The molecule has 0 aliphatic carbocycles. The fraction of sp³-hybridized carbons (Fsp3) is 0. The standard InChI is InChI=1S/C6H5N5O/c1(6-2-12-5-8-6)9-11-4-7-3-10-11/h1-5H/b9-1+. The van der Waals surface area contributed by atoms with E-state index in [-0.39, 0.29) is 0 Å². The summed E-state index contributed by atoms with van der Waals surface area (Å²) in [4.78, 5) is 8.88. The van der Waals surface area contributed by atoms with E-state index in [9.17, 15) is 0 Å². The predicted molar refractivity (Wildman–Crippen MR) is 39.5 cm³/mol. The zero-order valence-corrected chi connectivity index (χ0v) is 6.03. The fourth-order valence-corrected chi connectivity index (χ4v) is 0.666. The summed E-state index contributed by atoms with van der Waals surface area (Å²) in [5, 5.41) is 7.67. The van der Waals surface area contributed by atoms with Gasteiger partial charge in [0, 0.05) is 0 Å². The Hall–Kier alpha value is -1.98. The summed E-state index contributed by atoms with van der Waals surface area (Å²) in [5.41, 5.74) is 0.644. The van der Waals surface area contributed by atoms with Crippen LogP contribution in [0, 0.1) is 0 Å². The van der Waals surface area contributed by atoms with Crippen molar-refractivity contribution in [3.05, 3.63) is 31.0 Å². The molecule has 0 bridgehead atoms. The zero-order chi connectivity index (χ0) is 8.23.